The largest absolute Gasteiger partial charge is 0.316 e. The van der Waals surface area contributed by atoms with Crippen LogP contribution in [0.25, 0.3) is 0 Å². The van der Waals surface area contributed by atoms with Gasteiger partial charge < -0.3 is 5.32 Å². The highest BCUT2D eigenvalue weighted by Gasteiger charge is 2.69. The number of fused-ring (bicyclic) bond motifs is 4. The van der Waals surface area contributed by atoms with E-state index in [0.29, 0.717) is 10.8 Å². The van der Waals surface area contributed by atoms with Crippen LogP contribution in [0.4, 0.5) is 0 Å². The molecule has 2 aliphatic carbocycles. The zero-order valence-corrected chi connectivity index (χ0v) is 9.66. The summed E-state index contributed by atoms with van der Waals surface area (Å²) < 4.78 is 0. The van der Waals surface area contributed by atoms with Crippen molar-refractivity contribution in [2.45, 2.75) is 52.4 Å². The summed E-state index contributed by atoms with van der Waals surface area (Å²) in [5.74, 6) is 0. The van der Waals surface area contributed by atoms with Crippen LogP contribution in [0.3, 0.4) is 0 Å². The van der Waals surface area contributed by atoms with Gasteiger partial charge in [-0.3, -0.25) is 0 Å². The Hall–Kier alpha value is -0.0400. The van der Waals surface area contributed by atoms with Gasteiger partial charge in [0.15, 0.2) is 0 Å². The fourth-order valence-electron chi connectivity index (χ4n) is 5.26. The van der Waals surface area contributed by atoms with Crippen molar-refractivity contribution in [1.29, 1.82) is 0 Å². The molecule has 0 amide bonds. The third kappa shape index (κ3) is 0.816. The molecular formula is C13H23N. The molecule has 1 N–H and O–H groups in total. The number of piperidine rings is 2. The molecule has 3 rings (SSSR count). The molecule has 1 spiro atoms. The molecule has 0 aromatic rings. The first-order valence-electron chi connectivity index (χ1n) is 6.33. The van der Waals surface area contributed by atoms with Crippen molar-refractivity contribution in [2.75, 3.05) is 13.1 Å². The van der Waals surface area contributed by atoms with Crippen molar-refractivity contribution in [1.82, 2.24) is 5.32 Å². The second-order valence-corrected chi connectivity index (χ2v) is 6.54. The zero-order valence-electron chi connectivity index (χ0n) is 9.66. The average Bonchev–Trinajstić information content (AvgIpc) is 2.18. The Bertz CT molecular complexity index is 236. The summed E-state index contributed by atoms with van der Waals surface area (Å²) in [5.41, 5.74) is 2.00. The van der Waals surface area contributed by atoms with Crippen molar-refractivity contribution in [2.24, 2.45) is 16.2 Å². The van der Waals surface area contributed by atoms with Gasteiger partial charge in [-0.15, -0.1) is 0 Å². The summed E-state index contributed by atoms with van der Waals surface area (Å²) in [6.45, 7) is 7.63. The van der Waals surface area contributed by atoms with Crippen LogP contribution < -0.4 is 5.32 Å². The monoisotopic (exact) mass is 193 g/mol. The second-order valence-electron chi connectivity index (χ2n) is 6.54. The molecule has 2 atom stereocenters. The van der Waals surface area contributed by atoms with Crippen LogP contribution in [0, 0.1) is 16.2 Å². The highest BCUT2D eigenvalue weighted by molar-refractivity contribution is 5.20. The zero-order chi connectivity index (χ0) is 9.86. The van der Waals surface area contributed by atoms with Gasteiger partial charge in [0.05, 0.1) is 0 Å². The lowest BCUT2D eigenvalue weighted by Crippen LogP contribution is -2.73. The molecule has 1 nitrogen and oxygen atoms in total. The molecule has 2 saturated carbocycles. The van der Waals surface area contributed by atoms with Gasteiger partial charge in [0.25, 0.3) is 0 Å². The molecule has 14 heavy (non-hydrogen) atoms. The first-order valence-corrected chi connectivity index (χ1v) is 6.33. The third-order valence-corrected chi connectivity index (χ3v) is 5.83. The van der Waals surface area contributed by atoms with Gasteiger partial charge >= 0.3 is 0 Å². The standard InChI is InChI=1S/C13H23N/c1-11-8-12(2,10-14-9-11)13(11)6-4-3-5-7-13/h14H,3-10H2,1-2H3. The number of hydrogen-bond donors (Lipinski definition) is 1. The van der Waals surface area contributed by atoms with Crippen LogP contribution in [0.1, 0.15) is 52.4 Å². The van der Waals surface area contributed by atoms with E-state index in [2.05, 4.69) is 19.2 Å². The van der Waals surface area contributed by atoms with Crippen molar-refractivity contribution in [3.63, 3.8) is 0 Å². The van der Waals surface area contributed by atoms with Crippen LogP contribution in [-0.2, 0) is 0 Å². The van der Waals surface area contributed by atoms with E-state index in [4.69, 9.17) is 0 Å². The van der Waals surface area contributed by atoms with E-state index in [1.165, 1.54) is 51.6 Å². The maximum atomic E-state index is 3.64. The van der Waals surface area contributed by atoms with Gasteiger partial charge in [-0.2, -0.15) is 0 Å². The average molecular weight is 193 g/mol. The molecule has 3 fully saturated rings. The minimum absolute atomic E-state index is 0.639. The smallest absolute Gasteiger partial charge is 0.00111 e. The van der Waals surface area contributed by atoms with E-state index in [-0.39, 0.29) is 0 Å². The van der Waals surface area contributed by atoms with Crippen LogP contribution in [0.15, 0.2) is 0 Å². The van der Waals surface area contributed by atoms with Gasteiger partial charge in [-0.25, -0.2) is 0 Å². The van der Waals surface area contributed by atoms with E-state index < -0.39 is 0 Å². The Labute approximate surface area is 87.7 Å². The van der Waals surface area contributed by atoms with E-state index >= 15 is 0 Å². The fourth-order valence-corrected chi connectivity index (χ4v) is 5.26. The molecule has 0 aromatic carbocycles. The predicted octanol–water partition coefficient (Wildman–Crippen LogP) is 2.96. The molecule has 2 bridgehead atoms. The molecular weight excluding hydrogens is 170 g/mol. The van der Waals surface area contributed by atoms with E-state index in [9.17, 15) is 0 Å². The highest BCUT2D eigenvalue weighted by Crippen LogP contribution is 2.74. The molecule has 3 aliphatic rings. The lowest BCUT2D eigenvalue weighted by atomic mass is 9.32. The summed E-state index contributed by atoms with van der Waals surface area (Å²) >= 11 is 0. The Morgan fingerprint density at radius 2 is 1.43 bits per heavy atom. The normalized spacial score (nSPS) is 50.1. The summed E-state index contributed by atoms with van der Waals surface area (Å²) in [4.78, 5) is 0. The van der Waals surface area contributed by atoms with E-state index in [1.807, 2.05) is 0 Å². The number of rotatable bonds is 0. The van der Waals surface area contributed by atoms with Gasteiger partial charge in [-0.05, 0) is 35.5 Å². The maximum absolute atomic E-state index is 3.64. The van der Waals surface area contributed by atoms with Crippen molar-refractivity contribution >= 4 is 0 Å². The lowest BCUT2D eigenvalue weighted by Gasteiger charge is -2.74. The number of hydrogen-bond acceptors (Lipinski definition) is 1. The van der Waals surface area contributed by atoms with Crippen molar-refractivity contribution in [3.8, 4) is 0 Å². The Morgan fingerprint density at radius 1 is 0.857 bits per heavy atom. The molecule has 1 heteroatoms. The Kier molecular flexibility index (Phi) is 1.68. The molecule has 1 heterocycles. The first kappa shape index (κ1) is 9.21. The summed E-state index contributed by atoms with van der Waals surface area (Å²) in [6, 6.07) is 0. The molecule has 2 unspecified atom stereocenters. The Morgan fingerprint density at radius 3 is 2.00 bits per heavy atom. The van der Waals surface area contributed by atoms with Gasteiger partial charge in [-0.1, -0.05) is 33.1 Å². The van der Waals surface area contributed by atoms with Gasteiger partial charge in [0.2, 0.25) is 0 Å². The topological polar surface area (TPSA) is 12.0 Å². The predicted molar refractivity (Wildman–Crippen MR) is 59.2 cm³/mol. The maximum Gasteiger partial charge on any atom is 0.00111 e. The first-order chi connectivity index (χ1) is 6.62. The van der Waals surface area contributed by atoms with Gasteiger partial charge in [0.1, 0.15) is 0 Å². The highest BCUT2D eigenvalue weighted by atomic mass is 15.0. The number of nitrogens with one attached hydrogen (secondary N) is 1. The van der Waals surface area contributed by atoms with Crippen LogP contribution in [0.2, 0.25) is 0 Å². The van der Waals surface area contributed by atoms with Crippen LogP contribution in [0.5, 0.6) is 0 Å². The summed E-state index contributed by atoms with van der Waals surface area (Å²) in [5, 5.41) is 3.64. The quantitative estimate of drug-likeness (QED) is 0.623. The molecule has 1 saturated heterocycles. The lowest BCUT2D eigenvalue weighted by molar-refractivity contribution is -0.240. The second kappa shape index (κ2) is 2.55. The minimum Gasteiger partial charge on any atom is -0.316 e. The Balaban J connectivity index is 1.96. The molecule has 0 aromatic heterocycles. The summed E-state index contributed by atoms with van der Waals surface area (Å²) in [7, 11) is 0. The molecule has 80 valence electrons. The molecule has 1 aliphatic heterocycles. The fraction of sp³-hybridized carbons (Fsp3) is 1.00. The minimum atomic E-state index is 0.639. The van der Waals surface area contributed by atoms with Crippen LogP contribution in [-0.4, -0.2) is 13.1 Å². The SMILES string of the molecule is CC12CNCC(C)(C1)C21CCCCC1. The van der Waals surface area contributed by atoms with Crippen molar-refractivity contribution in [3.05, 3.63) is 0 Å². The third-order valence-electron chi connectivity index (χ3n) is 5.83. The van der Waals surface area contributed by atoms with Crippen LogP contribution >= 0.6 is 0 Å². The van der Waals surface area contributed by atoms with E-state index in [1.54, 1.807) is 0 Å². The van der Waals surface area contributed by atoms with Crippen molar-refractivity contribution < 1.29 is 0 Å². The van der Waals surface area contributed by atoms with E-state index in [0.717, 1.165) is 5.41 Å². The van der Waals surface area contributed by atoms with Gasteiger partial charge in [0, 0.05) is 13.1 Å². The molecule has 0 radical (unpaired) electrons. The summed E-state index contributed by atoms with van der Waals surface area (Å²) in [6.07, 6.45) is 8.98.